The largest absolute Gasteiger partial charge is 0.361 e. The Kier molecular flexibility index (Phi) is 5.26. The van der Waals surface area contributed by atoms with Gasteiger partial charge in [0.05, 0.1) is 6.54 Å². The minimum Gasteiger partial charge on any atom is -0.361 e. The Bertz CT molecular complexity index is 208. The first-order chi connectivity index (χ1) is 6.63. The average Bonchev–Trinajstić information content (AvgIpc) is 2.45. The van der Waals surface area contributed by atoms with E-state index in [2.05, 4.69) is 52.2 Å². The molecule has 1 rings (SSSR count). The van der Waals surface area contributed by atoms with Gasteiger partial charge in [0.15, 0.2) is 5.17 Å². The third-order valence-electron chi connectivity index (χ3n) is 2.13. The van der Waals surface area contributed by atoms with Gasteiger partial charge in [0.25, 0.3) is 0 Å². The smallest absolute Gasteiger partial charge is 0.157 e. The highest BCUT2D eigenvalue weighted by Gasteiger charge is 2.26. The van der Waals surface area contributed by atoms with Crippen molar-refractivity contribution in [3.8, 4) is 0 Å². The van der Waals surface area contributed by atoms with E-state index < -0.39 is 0 Å². The van der Waals surface area contributed by atoms with E-state index in [4.69, 9.17) is 0 Å². The maximum atomic E-state index is 4.52. The number of hydrogen-bond acceptors (Lipinski definition) is 3. The van der Waals surface area contributed by atoms with Crippen molar-refractivity contribution in [2.24, 2.45) is 4.99 Å². The van der Waals surface area contributed by atoms with Crippen LogP contribution in [0.25, 0.3) is 0 Å². The Labute approximate surface area is 98.8 Å². The molecule has 0 saturated carbocycles. The molecule has 1 heterocycles. The number of halogens is 1. The van der Waals surface area contributed by atoms with Crippen LogP contribution in [-0.4, -0.2) is 53.9 Å². The maximum absolute atomic E-state index is 4.52. The highest BCUT2D eigenvalue weighted by Crippen LogP contribution is 2.24. The summed E-state index contributed by atoms with van der Waals surface area (Å²) in [7, 11) is 4.14. The SMILES string of the molecule is CC1NC(=NCCN(C)C)SC1CBr. The standard InChI is InChI=1S/C9H18BrN3S/c1-7-8(6-10)14-9(12-7)11-4-5-13(2)3/h7-8H,4-6H2,1-3H3,(H,11,12). The summed E-state index contributed by atoms with van der Waals surface area (Å²) in [4.78, 5) is 6.67. The van der Waals surface area contributed by atoms with E-state index in [1.165, 1.54) is 0 Å². The topological polar surface area (TPSA) is 27.6 Å². The van der Waals surface area contributed by atoms with Crippen molar-refractivity contribution in [2.45, 2.75) is 18.2 Å². The van der Waals surface area contributed by atoms with E-state index >= 15 is 0 Å². The van der Waals surface area contributed by atoms with Crippen molar-refractivity contribution in [1.82, 2.24) is 10.2 Å². The summed E-state index contributed by atoms with van der Waals surface area (Å²) in [5.74, 6) is 0. The summed E-state index contributed by atoms with van der Waals surface area (Å²) >= 11 is 5.36. The van der Waals surface area contributed by atoms with Gasteiger partial charge < -0.3 is 10.2 Å². The molecule has 1 fully saturated rings. The number of nitrogens with zero attached hydrogens (tertiary/aromatic N) is 2. The fraction of sp³-hybridized carbons (Fsp3) is 0.889. The predicted molar refractivity (Wildman–Crippen MR) is 68.6 cm³/mol. The molecule has 0 aromatic rings. The van der Waals surface area contributed by atoms with Crippen molar-refractivity contribution in [3.63, 3.8) is 0 Å². The van der Waals surface area contributed by atoms with Crippen LogP contribution in [0.3, 0.4) is 0 Å². The van der Waals surface area contributed by atoms with Crippen LogP contribution in [0, 0.1) is 0 Å². The molecule has 0 aromatic carbocycles. The van der Waals surface area contributed by atoms with Gasteiger partial charge in [0.2, 0.25) is 0 Å². The first kappa shape index (κ1) is 12.3. The number of likely N-dealkylation sites (N-methyl/N-ethyl adjacent to an activating group) is 1. The zero-order chi connectivity index (χ0) is 10.6. The highest BCUT2D eigenvalue weighted by molar-refractivity contribution is 9.09. The Morgan fingerprint density at radius 3 is 2.79 bits per heavy atom. The van der Waals surface area contributed by atoms with Gasteiger partial charge in [-0.25, -0.2) is 0 Å². The molecule has 3 nitrogen and oxygen atoms in total. The molecule has 0 amide bonds. The molecular formula is C9H18BrN3S. The molecule has 2 atom stereocenters. The molecule has 5 heteroatoms. The average molecular weight is 280 g/mol. The molecule has 0 aliphatic carbocycles. The first-order valence-corrected chi connectivity index (χ1v) is 6.82. The molecule has 0 radical (unpaired) electrons. The Hall–Kier alpha value is 0.260. The Morgan fingerprint density at radius 2 is 2.29 bits per heavy atom. The molecule has 2 unspecified atom stereocenters. The van der Waals surface area contributed by atoms with Gasteiger partial charge in [-0.3, -0.25) is 4.99 Å². The van der Waals surface area contributed by atoms with Gasteiger partial charge in [0.1, 0.15) is 0 Å². The summed E-state index contributed by atoms with van der Waals surface area (Å²) in [5, 5.41) is 6.14. The van der Waals surface area contributed by atoms with E-state index in [9.17, 15) is 0 Å². The van der Waals surface area contributed by atoms with Gasteiger partial charge in [0, 0.05) is 23.2 Å². The van der Waals surface area contributed by atoms with Gasteiger partial charge in [-0.05, 0) is 21.0 Å². The third kappa shape index (κ3) is 3.79. The van der Waals surface area contributed by atoms with Gasteiger partial charge in [-0.2, -0.15) is 0 Å². The molecule has 14 heavy (non-hydrogen) atoms. The molecule has 0 bridgehead atoms. The lowest BCUT2D eigenvalue weighted by molar-refractivity contribution is 0.420. The van der Waals surface area contributed by atoms with Gasteiger partial charge in [-0.15, -0.1) is 0 Å². The monoisotopic (exact) mass is 279 g/mol. The third-order valence-corrected chi connectivity index (χ3v) is 4.60. The molecule has 1 aliphatic heterocycles. The molecule has 1 aliphatic rings. The molecular weight excluding hydrogens is 262 g/mol. The quantitative estimate of drug-likeness (QED) is 0.789. The molecule has 1 saturated heterocycles. The van der Waals surface area contributed by atoms with Gasteiger partial charge >= 0.3 is 0 Å². The first-order valence-electron chi connectivity index (χ1n) is 4.82. The van der Waals surface area contributed by atoms with E-state index in [0.29, 0.717) is 11.3 Å². The van der Waals surface area contributed by atoms with Crippen LogP contribution in [0.4, 0.5) is 0 Å². The number of aliphatic imine (C=N–C) groups is 1. The second-order valence-corrected chi connectivity index (χ2v) is 5.61. The summed E-state index contributed by atoms with van der Waals surface area (Å²) in [6, 6.07) is 0.525. The van der Waals surface area contributed by atoms with E-state index in [0.717, 1.165) is 23.6 Å². The van der Waals surface area contributed by atoms with Gasteiger partial charge in [-0.1, -0.05) is 27.7 Å². The normalized spacial score (nSPS) is 29.9. The minimum absolute atomic E-state index is 0.525. The Morgan fingerprint density at radius 1 is 1.57 bits per heavy atom. The van der Waals surface area contributed by atoms with Crippen LogP contribution in [0.2, 0.25) is 0 Å². The predicted octanol–water partition coefficient (Wildman–Crippen LogP) is 1.39. The summed E-state index contributed by atoms with van der Waals surface area (Å²) in [6.45, 7) is 4.09. The van der Waals surface area contributed by atoms with Crippen LogP contribution < -0.4 is 5.32 Å². The number of nitrogens with one attached hydrogen (secondary N) is 1. The second-order valence-electron chi connectivity index (χ2n) is 3.73. The van der Waals surface area contributed by atoms with Crippen molar-refractivity contribution in [2.75, 3.05) is 32.5 Å². The highest BCUT2D eigenvalue weighted by atomic mass is 79.9. The zero-order valence-corrected chi connectivity index (χ0v) is 11.4. The molecule has 1 N–H and O–H groups in total. The fourth-order valence-electron chi connectivity index (χ4n) is 1.17. The lowest BCUT2D eigenvalue weighted by Gasteiger charge is -2.07. The van der Waals surface area contributed by atoms with Crippen molar-refractivity contribution in [3.05, 3.63) is 0 Å². The van der Waals surface area contributed by atoms with Crippen molar-refractivity contribution < 1.29 is 0 Å². The Balaban J connectivity index is 2.33. The van der Waals surface area contributed by atoms with Crippen LogP contribution in [0.1, 0.15) is 6.92 Å². The van der Waals surface area contributed by atoms with Crippen LogP contribution >= 0.6 is 27.7 Å². The number of amidine groups is 1. The van der Waals surface area contributed by atoms with Crippen LogP contribution in [0.15, 0.2) is 4.99 Å². The number of thioether (sulfide) groups is 1. The lowest BCUT2D eigenvalue weighted by Crippen LogP contribution is -2.29. The van der Waals surface area contributed by atoms with E-state index in [1.807, 2.05) is 11.8 Å². The van der Waals surface area contributed by atoms with Crippen molar-refractivity contribution >= 4 is 32.9 Å². The number of alkyl halides is 1. The van der Waals surface area contributed by atoms with E-state index in [-0.39, 0.29) is 0 Å². The number of rotatable bonds is 4. The summed E-state index contributed by atoms with van der Waals surface area (Å²) in [5.41, 5.74) is 0. The zero-order valence-electron chi connectivity index (χ0n) is 8.96. The molecule has 0 spiro atoms. The maximum Gasteiger partial charge on any atom is 0.157 e. The second kappa shape index (κ2) is 5.98. The number of hydrogen-bond donors (Lipinski definition) is 1. The lowest BCUT2D eigenvalue weighted by atomic mass is 10.3. The van der Waals surface area contributed by atoms with Crippen LogP contribution in [0.5, 0.6) is 0 Å². The summed E-state index contributed by atoms with van der Waals surface area (Å²) < 4.78 is 0. The molecule has 82 valence electrons. The van der Waals surface area contributed by atoms with Crippen LogP contribution in [-0.2, 0) is 0 Å². The molecule has 0 aromatic heterocycles. The van der Waals surface area contributed by atoms with E-state index in [1.54, 1.807) is 0 Å². The minimum atomic E-state index is 0.525. The summed E-state index contributed by atoms with van der Waals surface area (Å²) in [6.07, 6.45) is 0. The fourth-order valence-corrected chi connectivity index (χ4v) is 3.17. The van der Waals surface area contributed by atoms with Crippen molar-refractivity contribution in [1.29, 1.82) is 0 Å².